The Kier molecular flexibility index (Phi) is 6.80. The summed E-state index contributed by atoms with van der Waals surface area (Å²) < 4.78 is 0. The lowest BCUT2D eigenvalue weighted by molar-refractivity contribution is -0.143. The van der Waals surface area contributed by atoms with Gasteiger partial charge in [0.05, 0.1) is 12.0 Å². The second-order valence-electron chi connectivity index (χ2n) is 4.39. The van der Waals surface area contributed by atoms with Gasteiger partial charge in [0.1, 0.15) is 0 Å². The van der Waals surface area contributed by atoms with Crippen LogP contribution in [0.25, 0.3) is 0 Å². The topological polar surface area (TPSA) is 75.4 Å². The van der Waals surface area contributed by atoms with Crippen molar-refractivity contribution in [3.8, 4) is 0 Å². The first-order valence-electron chi connectivity index (χ1n) is 6.21. The van der Waals surface area contributed by atoms with Crippen LogP contribution >= 0.6 is 0 Å². The SMILES string of the molecule is CCNC(=O)CN(CC)C(=O)C(C)(CC)CN. The zero-order chi connectivity index (χ0) is 13.5. The Balaban J connectivity index is 4.65. The lowest BCUT2D eigenvalue weighted by Crippen LogP contribution is -2.49. The molecule has 17 heavy (non-hydrogen) atoms. The molecule has 0 aliphatic carbocycles. The molecule has 0 aliphatic rings. The largest absolute Gasteiger partial charge is 0.355 e. The molecule has 0 bridgehead atoms. The molecule has 0 aliphatic heterocycles. The van der Waals surface area contributed by atoms with Gasteiger partial charge in [-0.2, -0.15) is 0 Å². The zero-order valence-corrected chi connectivity index (χ0v) is 11.4. The Hall–Kier alpha value is -1.10. The number of carbonyl (C=O) groups excluding carboxylic acids is 2. The summed E-state index contributed by atoms with van der Waals surface area (Å²) in [5.74, 6) is -0.172. The third-order valence-electron chi connectivity index (χ3n) is 3.12. The lowest BCUT2D eigenvalue weighted by Gasteiger charge is -2.32. The summed E-state index contributed by atoms with van der Waals surface area (Å²) >= 11 is 0. The monoisotopic (exact) mass is 243 g/mol. The summed E-state index contributed by atoms with van der Waals surface area (Å²) in [5, 5.41) is 2.69. The number of nitrogens with zero attached hydrogens (tertiary/aromatic N) is 1. The van der Waals surface area contributed by atoms with Gasteiger partial charge in [0.25, 0.3) is 0 Å². The van der Waals surface area contributed by atoms with Crippen LogP contribution in [0.5, 0.6) is 0 Å². The smallest absolute Gasteiger partial charge is 0.239 e. The molecule has 0 aromatic carbocycles. The van der Waals surface area contributed by atoms with Gasteiger partial charge >= 0.3 is 0 Å². The molecule has 0 heterocycles. The third kappa shape index (κ3) is 4.34. The van der Waals surface area contributed by atoms with Gasteiger partial charge in [-0.1, -0.05) is 6.92 Å². The van der Waals surface area contributed by atoms with Crippen LogP contribution in [0.1, 0.15) is 34.1 Å². The maximum atomic E-state index is 12.3. The summed E-state index contributed by atoms with van der Waals surface area (Å²) in [5.41, 5.74) is 5.09. The van der Waals surface area contributed by atoms with Crippen molar-refractivity contribution in [1.82, 2.24) is 10.2 Å². The minimum absolute atomic E-state index is 0.0451. The highest BCUT2D eigenvalue weighted by molar-refractivity contribution is 5.87. The van der Waals surface area contributed by atoms with Crippen molar-refractivity contribution in [2.24, 2.45) is 11.1 Å². The number of amides is 2. The van der Waals surface area contributed by atoms with E-state index in [4.69, 9.17) is 5.73 Å². The fraction of sp³-hybridized carbons (Fsp3) is 0.833. The van der Waals surface area contributed by atoms with Gasteiger partial charge in [0.15, 0.2) is 0 Å². The molecule has 5 heteroatoms. The predicted octanol–water partition coefficient (Wildman–Crippen LogP) is 0.346. The Labute approximate surface area is 104 Å². The molecule has 5 nitrogen and oxygen atoms in total. The minimum Gasteiger partial charge on any atom is -0.355 e. The number of hydrogen-bond donors (Lipinski definition) is 2. The Morgan fingerprint density at radius 3 is 2.24 bits per heavy atom. The first kappa shape index (κ1) is 15.9. The van der Waals surface area contributed by atoms with E-state index in [1.807, 2.05) is 27.7 Å². The van der Waals surface area contributed by atoms with Gasteiger partial charge in [-0.25, -0.2) is 0 Å². The van der Waals surface area contributed by atoms with Crippen molar-refractivity contribution in [2.75, 3.05) is 26.2 Å². The predicted molar refractivity (Wildman–Crippen MR) is 68.4 cm³/mol. The van der Waals surface area contributed by atoms with E-state index in [-0.39, 0.29) is 18.4 Å². The van der Waals surface area contributed by atoms with Crippen LogP contribution in [-0.4, -0.2) is 42.9 Å². The molecule has 3 N–H and O–H groups in total. The molecule has 0 spiro atoms. The van der Waals surface area contributed by atoms with Gasteiger partial charge in [0.2, 0.25) is 11.8 Å². The second kappa shape index (κ2) is 7.27. The average Bonchev–Trinajstić information content (AvgIpc) is 2.34. The average molecular weight is 243 g/mol. The number of carbonyl (C=O) groups is 2. The van der Waals surface area contributed by atoms with Crippen LogP contribution in [0.2, 0.25) is 0 Å². The molecule has 0 fully saturated rings. The van der Waals surface area contributed by atoms with E-state index in [9.17, 15) is 9.59 Å². The molecule has 1 atom stereocenters. The van der Waals surface area contributed by atoms with E-state index in [1.165, 1.54) is 0 Å². The third-order valence-corrected chi connectivity index (χ3v) is 3.12. The van der Waals surface area contributed by atoms with Gasteiger partial charge in [0, 0.05) is 19.6 Å². The molecule has 0 saturated heterocycles. The Bertz CT molecular complexity index is 262. The van der Waals surface area contributed by atoms with E-state index in [0.29, 0.717) is 26.1 Å². The standard InChI is InChI=1S/C12H25N3O2/c1-5-12(4,9-13)11(17)15(7-3)8-10(16)14-6-2/h5-9,13H2,1-4H3,(H,14,16). The number of nitrogens with one attached hydrogen (secondary N) is 1. The first-order valence-corrected chi connectivity index (χ1v) is 6.21. The molecule has 0 aromatic rings. The highest BCUT2D eigenvalue weighted by Crippen LogP contribution is 2.22. The quantitative estimate of drug-likeness (QED) is 0.677. The van der Waals surface area contributed by atoms with E-state index in [2.05, 4.69) is 5.32 Å². The van der Waals surface area contributed by atoms with Gasteiger partial charge < -0.3 is 16.0 Å². The summed E-state index contributed by atoms with van der Waals surface area (Å²) in [7, 11) is 0. The molecule has 0 saturated carbocycles. The van der Waals surface area contributed by atoms with E-state index in [0.717, 1.165) is 0 Å². The fourth-order valence-electron chi connectivity index (χ4n) is 1.52. The number of likely N-dealkylation sites (N-methyl/N-ethyl adjacent to an activating group) is 2. The molecular formula is C12H25N3O2. The summed E-state index contributed by atoms with van der Waals surface area (Å²) in [6.45, 7) is 9.00. The fourth-order valence-corrected chi connectivity index (χ4v) is 1.52. The minimum atomic E-state index is -0.567. The van der Waals surface area contributed by atoms with Crippen molar-refractivity contribution in [2.45, 2.75) is 34.1 Å². The van der Waals surface area contributed by atoms with E-state index < -0.39 is 5.41 Å². The highest BCUT2D eigenvalue weighted by Gasteiger charge is 2.33. The number of hydrogen-bond acceptors (Lipinski definition) is 3. The van der Waals surface area contributed by atoms with Crippen LogP contribution < -0.4 is 11.1 Å². The zero-order valence-electron chi connectivity index (χ0n) is 11.4. The second-order valence-corrected chi connectivity index (χ2v) is 4.39. The lowest BCUT2D eigenvalue weighted by atomic mass is 9.86. The van der Waals surface area contributed by atoms with E-state index >= 15 is 0 Å². The molecular weight excluding hydrogens is 218 g/mol. The molecule has 2 amide bonds. The van der Waals surface area contributed by atoms with Crippen molar-refractivity contribution < 1.29 is 9.59 Å². The van der Waals surface area contributed by atoms with Gasteiger partial charge in [-0.3, -0.25) is 9.59 Å². The van der Waals surface area contributed by atoms with Gasteiger partial charge in [-0.15, -0.1) is 0 Å². The van der Waals surface area contributed by atoms with Crippen LogP contribution in [0.4, 0.5) is 0 Å². The molecule has 0 rings (SSSR count). The molecule has 0 radical (unpaired) electrons. The Morgan fingerprint density at radius 1 is 1.29 bits per heavy atom. The van der Waals surface area contributed by atoms with Crippen molar-refractivity contribution in [3.05, 3.63) is 0 Å². The number of nitrogens with two attached hydrogens (primary N) is 1. The summed E-state index contributed by atoms with van der Waals surface area (Å²) in [6.07, 6.45) is 0.675. The van der Waals surface area contributed by atoms with Crippen molar-refractivity contribution in [1.29, 1.82) is 0 Å². The van der Waals surface area contributed by atoms with Crippen LogP contribution in [0, 0.1) is 5.41 Å². The van der Waals surface area contributed by atoms with Crippen molar-refractivity contribution >= 4 is 11.8 Å². The summed E-state index contributed by atoms with van der Waals surface area (Å²) in [6, 6.07) is 0. The maximum absolute atomic E-state index is 12.3. The van der Waals surface area contributed by atoms with Gasteiger partial charge in [-0.05, 0) is 27.2 Å². The first-order chi connectivity index (χ1) is 7.95. The van der Waals surface area contributed by atoms with Crippen LogP contribution in [0.3, 0.4) is 0 Å². The van der Waals surface area contributed by atoms with Crippen LogP contribution in [0.15, 0.2) is 0 Å². The molecule has 1 unspecified atom stereocenters. The molecule has 100 valence electrons. The summed E-state index contributed by atoms with van der Waals surface area (Å²) in [4.78, 5) is 25.3. The maximum Gasteiger partial charge on any atom is 0.239 e. The van der Waals surface area contributed by atoms with Crippen molar-refractivity contribution in [3.63, 3.8) is 0 Å². The number of rotatable bonds is 7. The van der Waals surface area contributed by atoms with Crippen LogP contribution in [-0.2, 0) is 9.59 Å². The molecule has 0 aromatic heterocycles. The highest BCUT2D eigenvalue weighted by atomic mass is 16.2. The van der Waals surface area contributed by atoms with E-state index in [1.54, 1.807) is 4.90 Å². The Morgan fingerprint density at radius 2 is 1.88 bits per heavy atom. The normalized spacial score (nSPS) is 13.9.